The predicted octanol–water partition coefficient (Wildman–Crippen LogP) is 2.23. The third-order valence-electron chi connectivity index (χ3n) is 3.63. The zero-order chi connectivity index (χ0) is 12.9. The summed E-state index contributed by atoms with van der Waals surface area (Å²) in [6, 6.07) is 12.9. The van der Waals surface area contributed by atoms with E-state index in [-0.39, 0.29) is 0 Å². The van der Waals surface area contributed by atoms with Crippen molar-refractivity contribution in [2.24, 2.45) is 0 Å². The van der Waals surface area contributed by atoms with Crippen molar-refractivity contribution in [1.29, 1.82) is 0 Å². The zero-order valence-corrected chi connectivity index (χ0v) is 11.0. The average molecular weight is 253 g/mol. The van der Waals surface area contributed by atoms with Crippen LogP contribution in [0.5, 0.6) is 0 Å². The third kappa shape index (κ3) is 2.93. The van der Waals surface area contributed by atoms with Gasteiger partial charge in [0.1, 0.15) is 0 Å². The van der Waals surface area contributed by atoms with Crippen LogP contribution < -0.4 is 10.2 Å². The second kappa shape index (κ2) is 5.85. The normalized spacial score (nSPS) is 14.8. The topological polar surface area (TPSA) is 28.2 Å². The molecule has 98 valence electrons. The first-order valence-corrected chi connectivity index (χ1v) is 6.86. The molecule has 0 fully saturated rings. The van der Waals surface area contributed by atoms with Gasteiger partial charge in [-0.05, 0) is 35.7 Å². The zero-order valence-electron chi connectivity index (χ0n) is 11.0. The summed E-state index contributed by atoms with van der Waals surface area (Å²) in [6.45, 7) is 4.15. The fourth-order valence-corrected chi connectivity index (χ4v) is 2.57. The summed E-state index contributed by atoms with van der Waals surface area (Å²) >= 11 is 0. The van der Waals surface area contributed by atoms with Gasteiger partial charge in [-0.1, -0.05) is 18.2 Å². The molecule has 0 bridgehead atoms. The van der Waals surface area contributed by atoms with Gasteiger partial charge < -0.3 is 10.2 Å². The second-order valence-electron chi connectivity index (χ2n) is 4.90. The second-order valence-corrected chi connectivity index (χ2v) is 4.90. The van der Waals surface area contributed by atoms with Gasteiger partial charge in [0.15, 0.2) is 0 Å². The lowest BCUT2D eigenvalue weighted by molar-refractivity contribution is 0.687. The quantitative estimate of drug-likeness (QED) is 0.909. The first-order valence-electron chi connectivity index (χ1n) is 6.86. The third-order valence-corrected chi connectivity index (χ3v) is 3.63. The van der Waals surface area contributed by atoms with Crippen LogP contribution in [0.25, 0.3) is 0 Å². The number of pyridine rings is 1. The number of rotatable bonds is 3. The Bertz CT molecular complexity index is 525. The van der Waals surface area contributed by atoms with Gasteiger partial charge in [-0.2, -0.15) is 0 Å². The summed E-state index contributed by atoms with van der Waals surface area (Å²) in [4.78, 5) is 6.55. The first kappa shape index (κ1) is 12.2. The van der Waals surface area contributed by atoms with E-state index in [1.54, 1.807) is 0 Å². The van der Waals surface area contributed by atoms with Gasteiger partial charge in [0.25, 0.3) is 0 Å². The number of hydrogen-bond donors (Lipinski definition) is 1. The molecule has 0 aliphatic carbocycles. The van der Waals surface area contributed by atoms with E-state index < -0.39 is 0 Å². The van der Waals surface area contributed by atoms with Crippen molar-refractivity contribution in [1.82, 2.24) is 10.3 Å². The summed E-state index contributed by atoms with van der Waals surface area (Å²) in [5, 5.41) is 3.48. The molecular weight excluding hydrogens is 234 g/mol. The Kier molecular flexibility index (Phi) is 3.75. The van der Waals surface area contributed by atoms with E-state index in [1.807, 2.05) is 12.4 Å². The number of para-hydroxylation sites is 1. The average Bonchev–Trinajstić information content (AvgIpc) is 2.68. The van der Waals surface area contributed by atoms with Crippen molar-refractivity contribution in [3.05, 3.63) is 59.9 Å². The molecule has 3 rings (SSSR count). The van der Waals surface area contributed by atoms with Crippen molar-refractivity contribution in [3.63, 3.8) is 0 Å². The van der Waals surface area contributed by atoms with E-state index in [1.165, 1.54) is 16.8 Å². The maximum Gasteiger partial charge on any atom is 0.0412 e. The van der Waals surface area contributed by atoms with Gasteiger partial charge in [-0.25, -0.2) is 0 Å². The van der Waals surface area contributed by atoms with E-state index in [0.717, 1.165) is 32.6 Å². The highest BCUT2D eigenvalue weighted by atomic mass is 15.2. The molecule has 1 aliphatic heterocycles. The molecule has 1 aromatic heterocycles. The summed E-state index contributed by atoms with van der Waals surface area (Å²) in [6.07, 6.45) is 4.80. The van der Waals surface area contributed by atoms with E-state index in [2.05, 4.69) is 51.6 Å². The molecule has 0 unspecified atom stereocenters. The molecule has 0 amide bonds. The van der Waals surface area contributed by atoms with Crippen LogP contribution in [0.15, 0.2) is 48.8 Å². The van der Waals surface area contributed by atoms with Crippen molar-refractivity contribution in [3.8, 4) is 0 Å². The molecule has 1 N–H and O–H groups in total. The number of fused-ring (bicyclic) bond motifs is 1. The summed E-state index contributed by atoms with van der Waals surface area (Å²) in [5.41, 5.74) is 4.13. The summed E-state index contributed by atoms with van der Waals surface area (Å²) < 4.78 is 0. The Morgan fingerprint density at radius 3 is 2.84 bits per heavy atom. The predicted molar refractivity (Wildman–Crippen MR) is 78.3 cm³/mol. The van der Waals surface area contributed by atoms with E-state index in [4.69, 9.17) is 0 Å². The highest BCUT2D eigenvalue weighted by Crippen LogP contribution is 2.22. The summed E-state index contributed by atoms with van der Waals surface area (Å²) in [7, 11) is 0. The van der Waals surface area contributed by atoms with E-state index >= 15 is 0 Å². The molecule has 2 aromatic rings. The van der Waals surface area contributed by atoms with Crippen molar-refractivity contribution < 1.29 is 0 Å². The molecule has 19 heavy (non-hydrogen) atoms. The van der Waals surface area contributed by atoms with Crippen LogP contribution in [0, 0.1) is 0 Å². The van der Waals surface area contributed by atoms with E-state index in [9.17, 15) is 0 Å². The Morgan fingerprint density at radius 2 is 1.95 bits per heavy atom. The molecule has 0 radical (unpaired) electrons. The monoisotopic (exact) mass is 253 g/mol. The Hall–Kier alpha value is -1.87. The molecule has 0 saturated heterocycles. The van der Waals surface area contributed by atoms with Crippen LogP contribution in [0.2, 0.25) is 0 Å². The van der Waals surface area contributed by atoms with Crippen LogP contribution >= 0.6 is 0 Å². The number of benzene rings is 1. The Labute approximate surface area is 114 Å². The number of hydrogen-bond acceptors (Lipinski definition) is 3. The minimum absolute atomic E-state index is 0.974. The largest absolute Gasteiger partial charge is 0.370 e. The minimum Gasteiger partial charge on any atom is -0.370 e. The molecule has 3 nitrogen and oxygen atoms in total. The smallest absolute Gasteiger partial charge is 0.0412 e. The highest BCUT2D eigenvalue weighted by molar-refractivity contribution is 5.54. The first-order chi connectivity index (χ1) is 9.43. The van der Waals surface area contributed by atoms with E-state index in [0.29, 0.717) is 0 Å². The van der Waals surface area contributed by atoms with Gasteiger partial charge in [0, 0.05) is 44.3 Å². The van der Waals surface area contributed by atoms with Gasteiger partial charge in [-0.15, -0.1) is 0 Å². The lowest BCUT2D eigenvalue weighted by atomic mass is 10.1. The van der Waals surface area contributed by atoms with Crippen molar-refractivity contribution in [2.75, 3.05) is 24.5 Å². The van der Waals surface area contributed by atoms with Gasteiger partial charge >= 0.3 is 0 Å². The Balaban J connectivity index is 1.74. The fourth-order valence-electron chi connectivity index (χ4n) is 2.57. The number of nitrogens with one attached hydrogen (secondary N) is 1. The summed E-state index contributed by atoms with van der Waals surface area (Å²) in [5.74, 6) is 0. The minimum atomic E-state index is 0.974. The molecule has 0 atom stereocenters. The lowest BCUT2D eigenvalue weighted by Gasteiger charge is -2.24. The SMILES string of the molecule is c1ccc2c(c1)CNCCN2CCc1ccncc1. The molecule has 2 heterocycles. The fraction of sp³-hybridized carbons (Fsp3) is 0.312. The van der Waals surface area contributed by atoms with Gasteiger partial charge in [0.05, 0.1) is 0 Å². The molecule has 0 saturated carbocycles. The number of aromatic nitrogens is 1. The molecule has 3 heteroatoms. The Morgan fingerprint density at radius 1 is 1.11 bits per heavy atom. The van der Waals surface area contributed by atoms with Crippen LogP contribution in [0.3, 0.4) is 0 Å². The number of anilines is 1. The van der Waals surface area contributed by atoms with Gasteiger partial charge in [-0.3, -0.25) is 4.98 Å². The van der Waals surface area contributed by atoms with Crippen LogP contribution in [0.4, 0.5) is 5.69 Å². The molecule has 0 spiro atoms. The van der Waals surface area contributed by atoms with Crippen LogP contribution in [0.1, 0.15) is 11.1 Å². The van der Waals surface area contributed by atoms with Gasteiger partial charge in [0.2, 0.25) is 0 Å². The molecule has 1 aromatic carbocycles. The van der Waals surface area contributed by atoms with Crippen molar-refractivity contribution >= 4 is 5.69 Å². The van der Waals surface area contributed by atoms with Crippen LogP contribution in [-0.4, -0.2) is 24.6 Å². The molecular formula is C16H19N3. The standard InChI is InChI=1S/C16H19N3/c1-2-4-16-15(3-1)13-18-10-12-19(16)11-7-14-5-8-17-9-6-14/h1-6,8-9,18H,7,10-13H2. The highest BCUT2D eigenvalue weighted by Gasteiger charge is 2.13. The van der Waals surface area contributed by atoms with Crippen LogP contribution in [-0.2, 0) is 13.0 Å². The maximum absolute atomic E-state index is 4.07. The lowest BCUT2D eigenvalue weighted by Crippen LogP contribution is -2.30. The number of nitrogens with zero attached hydrogens (tertiary/aromatic N) is 2. The molecule has 1 aliphatic rings. The van der Waals surface area contributed by atoms with Crippen molar-refractivity contribution in [2.45, 2.75) is 13.0 Å². The maximum atomic E-state index is 4.07.